The molecule has 3 heterocycles. The lowest BCUT2D eigenvalue weighted by Gasteiger charge is -2.32. The van der Waals surface area contributed by atoms with Crippen molar-refractivity contribution >= 4 is 29.1 Å². The zero-order chi connectivity index (χ0) is 33.8. The maximum atomic E-state index is 13.4. The van der Waals surface area contributed by atoms with E-state index in [2.05, 4.69) is 31.8 Å². The summed E-state index contributed by atoms with van der Waals surface area (Å²) in [5, 5.41) is 24.7. The van der Waals surface area contributed by atoms with Gasteiger partial charge in [-0.05, 0) is 73.9 Å². The third-order valence-electron chi connectivity index (χ3n) is 9.12. The molecule has 2 aliphatic rings. The molecular formula is C37H46N8O3. The number of aromatic nitrogens is 3. The molecule has 1 aliphatic carbocycles. The second-order valence-corrected chi connectivity index (χ2v) is 13.9. The summed E-state index contributed by atoms with van der Waals surface area (Å²) in [6, 6.07) is 19.2. The zero-order valence-electron chi connectivity index (χ0n) is 28.2. The van der Waals surface area contributed by atoms with E-state index >= 15 is 0 Å². The largest absolute Gasteiger partial charge is 0.484 e. The number of aliphatic hydroxyl groups excluding tert-OH is 1. The van der Waals surface area contributed by atoms with Gasteiger partial charge in [0.1, 0.15) is 17.7 Å². The topological polar surface area (TPSA) is 142 Å². The number of hydrogen-bond acceptors (Lipinski definition) is 8. The maximum Gasteiger partial charge on any atom is 0.320 e. The minimum absolute atomic E-state index is 0.172. The Morgan fingerprint density at radius 1 is 1.06 bits per heavy atom. The summed E-state index contributed by atoms with van der Waals surface area (Å²) < 4.78 is 8.58. The minimum atomic E-state index is -0.357. The fraction of sp³-hybridized carbons (Fsp3) is 0.405. The van der Waals surface area contributed by atoms with E-state index in [9.17, 15) is 9.90 Å². The fourth-order valence-corrected chi connectivity index (χ4v) is 6.26. The molecule has 0 unspecified atom stereocenters. The van der Waals surface area contributed by atoms with Gasteiger partial charge in [-0.2, -0.15) is 0 Å². The highest BCUT2D eigenvalue weighted by Crippen LogP contribution is 2.39. The molecule has 1 fully saturated rings. The van der Waals surface area contributed by atoms with Crippen LogP contribution in [-0.4, -0.2) is 51.3 Å². The first-order valence-corrected chi connectivity index (χ1v) is 16.7. The molecule has 2 amide bonds. The molecule has 0 radical (unpaired) electrons. The lowest BCUT2D eigenvalue weighted by Crippen LogP contribution is -2.42. The van der Waals surface area contributed by atoms with Gasteiger partial charge in [0.05, 0.1) is 17.9 Å². The van der Waals surface area contributed by atoms with Gasteiger partial charge in [0.2, 0.25) is 5.95 Å². The summed E-state index contributed by atoms with van der Waals surface area (Å²) in [4.78, 5) is 20.3. The molecule has 0 bridgehead atoms. The van der Waals surface area contributed by atoms with Crippen LogP contribution in [-0.2, 0) is 0 Å². The van der Waals surface area contributed by atoms with Crippen LogP contribution >= 0.6 is 0 Å². The van der Waals surface area contributed by atoms with Crippen LogP contribution in [0.1, 0.15) is 75.3 Å². The molecule has 11 nitrogen and oxygen atoms in total. The van der Waals surface area contributed by atoms with Crippen LogP contribution in [0.15, 0.2) is 83.6 Å². The SMILES string of the molecule is Cc1ccc(N=C(C=C(N)C(C)(C)C)NC(=O)N[C@H]2CC[C@@H](Oc3ccc4nnc(N5CCC[C@H](CO)C5)n4c3)c3ccccc32)cc1. The van der Waals surface area contributed by atoms with Crippen molar-refractivity contribution in [3.05, 3.63) is 95.3 Å². The van der Waals surface area contributed by atoms with Gasteiger partial charge in [0, 0.05) is 36.9 Å². The average Bonchev–Trinajstić information content (AvgIpc) is 3.50. The van der Waals surface area contributed by atoms with E-state index in [-0.39, 0.29) is 36.1 Å². The highest BCUT2D eigenvalue weighted by Gasteiger charge is 2.30. The number of aliphatic imine (C=N–C) groups is 1. The number of rotatable bonds is 7. The molecule has 0 spiro atoms. The van der Waals surface area contributed by atoms with Crippen molar-refractivity contribution in [1.29, 1.82) is 0 Å². The number of hydrogen-bond donors (Lipinski definition) is 4. The van der Waals surface area contributed by atoms with Crippen molar-refractivity contribution < 1.29 is 14.6 Å². The molecule has 252 valence electrons. The number of nitrogens with one attached hydrogen (secondary N) is 2. The molecule has 2 aromatic heterocycles. The summed E-state index contributed by atoms with van der Waals surface area (Å²) in [6.07, 6.45) is 6.90. The van der Waals surface area contributed by atoms with Crippen molar-refractivity contribution in [3.8, 4) is 5.75 Å². The number of nitrogens with two attached hydrogens (primary N) is 1. The van der Waals surface area contributed by atoms with E-state index in [1.54, 1.807) is 6.08 Å². The van der Waals surface area contributed by atoms with E-state index in [0.29, 0.717) is 30.1 Å². The number of carbonyl (C=O) groups is 1. The number of carbonyl (C=O) groups excluding carboxylic acids is 1. The van der Waals surface area contributed by atoms with Gasteiger partial charge in [-0.1, -0.05) is 62.7 Å². The Morgan fingerprint density at radius 3 is 2.58 bits per heavy atom. The van der Waals surface area contributed by atoms with E-state index < -0.39 is 0 Å². The molecule has 1 aliphatic heterocycles. The number of nitrogens with zero attached hydrogens (tertiary/aromatic N) is 5. The highest BCUT2D eigenvalue weighted by atomic mass is 16.5. The first kappa shape index (κ1) is 33.0. The Hall–Kier alpha value is -4.90. The van der Waals surface area contributed by atoms with Crippen molar-refractivity contribution in [1.82, 2.24) is 25.2 Å². The number of pyridine rings is 1. The third-order valence-corrected chi connectivity index (χ3v) is 9.12. The molecule has 0 saturated carbocycles. The first-order chi connectivity index (χ1) is 23.1. The Kier molecular flexibility index (Phi) is 9.68. The van der Waals surface area contributed by atoms with Gasteiger partial charge in [0.15, 0.2) is 5.65 Å². The van der Waals surface area contributed by atoms with Gasteiger partial charge in [0.25, 0.3) is 0 Å². The average molecular weight is 651 g/mol. The number of piperidine rings is 1. The minimum Gasteiger partial charge on any atom is -0.484 e. The number of amides is 2. The number of allylic oxidation sites excluding steroid dienone is 1. The Balaban J connectivity index is 1.18. The predicted octanol–water partition coefficient (Wildman–Crippen LogP) is 6.12. The van der Waals surface area contributed by atoms with Crippen LogP contribution in [0, 0.1) is 18.3 Å². The normalized spacial score (nSPS) is 20.4. The second kappa shape index (κ2) is 14.1. The molecule has 48 heavy (non-hydrogen) atoms. The first-order valence-electron chi connectivity index (χ1n) is 16.7. The van der Waals surface area contributed by atoms with Crippen LogP contribution in [0.2, 0.25) is 0 Å². The number of aliphatic hydroxyl groups is 1. The standard InChI is InChI=1S/C37H46N8O3/c1-24-11-13-26(14-12-24)39-33(20-32(38)37(2,3)4)41-35(47)40-30-16-17-31(29-10-6-5-9-28(29)30)48-27-15-18-34-42-43-36(45(34)22-27)44-19-7-8-25(21-44)23-46/h5-6,9-15,18,20,22,25,30-31,46H,7-8,16-17,19,21,23,38H2,1-4H3,(H2,39,40,41,47)/t25-,30-,31+/m0/s1. The van der Waals surface area contributed by atoms with Crippen molar-refractivity contribution in [2.24, 2.45) is 22.1 Å². The monoisotopic (exact) mass is 650 g/mol. The number of benzene rings is 2. The van der Waals surface area contributed by atoms with Crippen LogP contribution in [0.3, 0.4) is 0 Å². The molecule has 11 heteroatoms. The lowest BCUT2D eigenvalue weighted by molar-refractivity contribution is 0.171. The zero-order valence-corrected chi connectivity index (χ0v) is 28.2. The summed E-state index contributed by atoms with van der Waals surface area (Å²) >= 11 is 0. The molecule has 5 N–H and O–H groups in total. The van der Waals surface area contributed by atoms with Crippen molar-refractivity contribution in [2.75, 3.05) is 24.6 Å². The molecule has 1 saturated heterocycles. The van der Waals surface area contributed by atoms with Crippen LogP contribution in [0.4, 0.5) is 16.4 Å². The van der Waals surface area contributed by atoms with Crippen LogP contribution in [0.25, 0.3) is 5.65 Å². The lowest BCUT2D eigenvalue weighted by atomic mass is 9.85. The quantitative estimate of drug-likeness (QED) is 0.139. The summed E-state index contributed by atoms with van der Waals surface area (Å²) in [5.74, 6) is 2.08. The van der Waals surface area contributed by atoms with Gasteiger partial charge in [-0.25, -0.2) is 9.79 Å². The Morgan fingerprint density at radius 2 is 1.83 bits per heavy atom. The van der Waals surface area contributed by atoms with E-state index in [0.717, 1.165) is 59.9 Å². The predicted molar refractivity (Wildman–Crippen MR) is 188 cm³/mol. The van der Waals surface area contributed by atoms with E-state index in [4.69, 9.17) is 15.5 Å². The molecule has 6 rings (SSSR count). The van der Waals surface area contributed by atoms with Gasteiger partial charge in [-0.3, -0.25) is 9.72 Å². The number of anilines is 1. The smallest absolute Gasteiger partial charge is 0.320 e. The van der Waals surface area contributed by atoms with E-state index in [1.165, 1.54) is 0 Å². The summed E-state index contributed by atoms with van der Waals surface area (Å²) in [6.45, 7) is 9.87. The Labute approximate surface area is 281 Å². The Bertz CT molecular complexity index is 1810. The molecule has 2 aromatic carbocycles. The fourth-order valence-electron chi connectivity index (χ4n) is 6.26. The number of amidine groups is 1. The van der Waals surface area contributed by atoms with Gasteiger partial charge in [-0.15, -0.1) is 10.2 Å². The summed E-state index contributed by atoms with van der Waals surface area (Å²) in [5.41, 5.74) is 11.3. The van der Waals surface area contributed by atoms with E-state index in [1.807, 2.05) is 92.9 Å². The summed E-state index contributed by atoms with van der Waals surface area (Å²) in [7, 11) is 0. The van der Waals surface area contributed by atoms with Gasteiger partial charge < -0.3 is 25.8 Å². The molecule has 4 aromatic rings. The highest BCUT2D eigenvalue weighted by molar-refractivity contribution is 6.05. The number of ether oxygens (including phenoxy) is 1. The number of aryl methyl sites for hydroxylation is 1. The molecular weight excluding hydrogens is 604 g/mol. The third kappa shape index (κ3) is 7.62. The number of urea groups is 1. The van der Waals surface area contributed by atoms with Crippen molar-refractivity contribution in [3.63, 3.8) is 0 Å². The van der Waals surface area contributed by atoms with Crippen molar-refractivity contribution in [2.45, 2.75) is 65.5 Å². The van der Waals surface area contributed by atoms with Crippen LogP contribution in [0.5, 0.6) is 5.75 Å². The maximum absolute atomic E-state index is 13.4. The van der Waals surface area contributed by atoms with Crippen LogP contribution < -0.4 is 26.0 Å². The molecule has 3 atom stereocenters. The van der Waals surface area contributed by atoms with Gasteiger partial charge >= 0.3 is 6.03 Å². The number of fused-ring (bicyclic) bond motifs is 2. The second-order valence-electron chi connectivity index (χ2n) is 13.9.